The fraction of sp³-hybridized carbons (Fsp3) is 0.857. The lowest BCUT2D eigenvalue weighted by atomic mass is 9.92. The van der Waals surface area contributed by atoms with Gasteiger partial charge in [0.25, 0.3) is 0 Å². The lowest BCUT2D eigenvalue weighted by Crippen LogP contribution is -2.29. The van der Waals surface area contributed by atoms with Crippen molar-refractivity contribution in [3.63, 3.8) is 0 Å². The molecule has 0 fully saturated rings. The van der Waals surface area contributed by atoms with Gasteiger partial charge in [-0.3, -0.25) is 9.59 Å². The minimum atomic E-state index is -0.817. The molecule has 0 bridgehead atoms. The van der Waals surface area contributed by atoms with Crippen molar-refractivity contribution < 1.29 is 19.8 Å². The van der Waals surface area contributed by atoms with Gasteiger partial charge in [0, 0.05) is 10.5 Å². The Morgan fingerprint density at radius 2 is 1.53 bits per heavy atom. The molecule has 2 N–H and O–H groups in total. The van der Waals surface area contributed by atoms with E-state index in [1.165, 1.54) is 0 Å². The Morgan fingerprint density at radius 1 is 1.00 bits per heavy atom. The van der Waals surface area contributed by atoms with Gasteiger partial charge in [0.15, 0.2) is 0 Å². The first-order valence-electron chi connectivity index (χ1n) is 7.03. The summed E-state index contributed by atoms with van der Waals surface area (Å²) in [5.74, 6) is -1.10. The van der Waals surface area contributed by atoms with Crippen LogP contribution in [-0.4, -0.2) is 32.7 Å². The molecule has 0 rings (SSSR count). The van der Waals surface area contributed by atoms with Crippen LogP contribution in [0.5, 0.6) is 0 Å². The van der Waals surface area contributed by atoms with Crippen LogP contribution in [0, 0.1) is 0 Å². The van der Waals surface area contributed by atoms with Crippen LogP contribution in [0.3, 0.4) is 0 Å². The summed E-state index contributed by atoms with van der Waals surface area (Å²) in [5.41, 5.74) is 0. The fourth-order valence-electron chi connectivity index (χ4n) is 2.13. The molecule has 0 aliphatic heterocycles. The second-order valence-corrected chi connectivity index (χ2v) is 6.52. The van der Waals surface area contributed by atoms with Gasteiger partial charge in [-0.1, -0.05) is 39.5 Å². The monoisotopic (exact) mass is 290 g/mol. The van der Waals surface area contributed by atoms with E-state index in [-0.39, 0.29) is 17.6 Å². The SMILES string of the molecule is CCCCC(CCCC)(CC(=O)O)SCCC(=O)O. The Balaban J connectivity index is 4.66. The zero-order valence-electron chi connectivity index (χ0n) is 12.0. The van der Waals surface area contributed by atoms with E-state index in [2.05, 4.69) is 13.8 Å². The first kappa shape index (κ1) is 18.3. The molecule has 112 valence electrons. The predicted molar refractivity (Wildman–Crippen MR) is 78.7 cm³/mol. The molecule has 0 aliphatic rings. The fourth-order valence-corrected chi connectivity index (χ4v) is 3.64. The van der Waals surface area contributed by atoms with Crippen molar-refractivity contribution in [1.29, 1.82) is 0 Å². The summed E-state index contributed by atoms with van der Waals surface area (Å²) in [6.45, 7) is 4.18. The number of unbranched alkanes of at least 4 members (excludes halogenated alkanes) is 2. The maximum Gasteiger partial charge on any atom is 0.304 e. The van der Waals surface area contributed by atoms with Crippen LogP contribution in [0.15, 0.2) is 0 Å². The van der Waals surface area contributed by atoms with E-state index in [0.717, 1.165) is 38.5 Å². The lowest BCUT2D eigenvalue weighted by Gasteiger charge is -2.32. The Labute approximate surface area is 120 Å². The number of hydrogen-bond acceptors (Lipinski definition) is 3. The molecule has 0 aromatic carbocycles. The highest BCUT2D eigenvalue weighted by molar-refractivity contribution is 8.00. The molecule has 5 heteroatoms. The second kappa shape index (κ2) is 10.1. The summed E-state index contributed by atoms with van der Waals surface area (Å²) in [4.78, 5) is 21.7. The van der Waals surface area contributed by atoms with Gasteiger partial charge >= 0.3 is 11.9 Å². The molecule has 4 nitrogen and oxygen atoms in total. The van der Waals surface area contributed by atoms with Crippen LogP contribution in [0.25, 0.3) is 0 Å². The quantitative estimate of drug-likeness (QED) is 0.572. The van der Waals surface area contributed by atoms with Crippen LogP contribution in [0.4, 0.5) is 0 Å². The molecule has 0 saturated heterocycles. The molecule has 0 aromatic heterocycles. The van der Waals surface area contributed by atoms with E-state index in [4.69, 9.17) is 10.2 Å². The normalized spacial score (nSPS) is 11.5. The van der Waals surface area contributed by atoms with Gasteiger partial charge in [0.05, 0.1) is 12.8 Å². The van der Waals surface area contributed by atoms with Gasteiger partial charge in [-0.25, -0.2) is 0 Å². The molecule has 0 saturated carbocycles. The molecule has 0 aromatic rings. The molecule has 0 heterocycles. The van der Waals surface area contributed by atoms with Gasteiger partial charge < -0.3 is 10.2 Å². The number of carbonyl (C=O) groups is 2. The molecule has 19 heavy (non-hydrogen) atoms. The standard InChI is InChI=1S/C14H26O4S/c1-3-5-8-14(9-6-4-2,11-13(17)18)19-10-7-12(15)16/h3-11H2,1-2H3,(H,15,16)(H,17,18). The first-order chi connectivity index (χ1) is 8.95. The van der Waals surface area contributed by atoms with Crippen molar-refractivity contribution in [3.8, 4) is 0 Å². The average Bonchev–Trinajstić information content (AvgIpc) is 2.32. The average molecular weight is 290 g/mol. The van der Waals surface area contributed by atoms with Crippen LogP contribution in [-0.2, 0) is 9.59 Å². The van der Waals surface area contributed by atoms with E-state index < -0.39 is 11.9 Å². The van der Waals surface area contributed by atoms with Crippen LogP contribution < -0.4 is 0 Å². The van der Waals surface area contributed by atoms with Crippen LogP contribution in [0.2, 0.25) is 0 Å². The van der Waals surface area contributed by atoms with Crippen molar-refractivity contribution in [2.24, 2.45) is 0 Å². The number of rotatable bonds is 12. The minimum absolute atomic E-state index is 0.101. The highest BCUT2D eigenvalue weighted by Gasteiger charge is 2.32. The van der Waals surface area contributed by atoms with E-state index >= 15 is 0 Å². The summed E-state index contributed by atoms with van der Waals surface area (Å²) in [7, 11) is 0. The Bertz CT molecular complexity index is 271. The summed E-state index contributed by atoms with van der Waals surface area (Å²) in [6, 6.07) is 0. The zero-order valence-corrected chi connectivity index (χ0v) is 12.8. The molecular weight excluding hydrogens is 264 g/mol. The summed E-state index contributed by atoms with van der Waals surface area (Å²) in [5, 5.41) is 17.8. The third kappa shape index (κ3) is 8.92. The maximum absolute atomic E-state index is 11.1. The highest BCUT2D eigenvalue weighted by atomic mass is 32.2. The van der Waals surface area contributed by atoms with E-state index in [1.807, 2.05) is 0 Å². The number of aliphatic carboxylic acids is 2. The molecule has 0 amide bonds. The van der Waals surface area contributed by atoms with E-state index in [9.17, 15) is 9.59 Å². The molecule has 0 atom stereocenters. The Kier molecular flexibility index (Phi) is 9.74. The number of carboxylic acids is 2. The second-order valence-electron chi connectivity index (χ2n) is 4.95. The zero-order chi connectivity index (χ0) is 14.7. The first-order valence-corrected chi connectivity index (χ1v) is 8.02. The molecule has 0 spiro atoms. The molecule has 0 radical (unpaired) electrons. The van der Waals surface area contributed by atoms with Gasteiger partial charge in [0.2, 0.25) is 0 Å². The number of thioether (sulfide) groups is 1. The largest absolute Gasteiger partial charge is 0.481 e. The van der Waals surface area contributed by atoms with Gasteiger partial charge in [-0.2, -0.15) is 11.8 Å². The van der Waals surface area contributed by atoms with E-state index in [0.29, 0.717) is 5.75 Å². The molecule has 0 unspecified atom stereocenters. The topological polar surface area (TPSA) is 74.6 Å². The molecular formula is C14H26O4S. The number of carboxylic acid groups (broad SMARTS) is 2. The number of hydrogen-bond donors (Lipinski definition) is 2. The highest BCUT2D eigenvalue weighted by Crippen LogP contribution is 2.39. The molecule has 0 aliphatic carbocycles. The van der Waals surface area contributed by atoms with Crippen molar-refractivity contribution in [2.75, 3.05) is 5.75 Å². The van der Waals surface area contributed by atoms with Gasteiger partial charge in [0.1, 0.15) is 0 Å². The van der Waals surface area contributed by atoms with Gasteiger partial charge in [-0.15, -0.1) is 0 Å². The maximum atomic E-state index is 11.1. The Morgan fingerprint density at radius 3 is 1.89 bits per heavy atom. The summed E-state index contributed by atoms with van der Waals surface area (Å²) >= 11 is 1.54. The van der Waals surface area contributed by atoms with Crippen molar-refractivity contribution in [3.05, 3.63) is 0 Å². The third-order valence-corrected chi connectivity index (χ3v) is 4.74. The van der Waals surface area contributed by atoms with Crippen molar-refractivity contribution in [2.45, 2.75) is 70.0 Å². The van der Waals surface area contributed by atoms with Crippen LogP contribution >= 0.6 is 11.8 Å². The van der Waals surface area contributed by atoms with Crippen molar-refractivity contribution in [1.82, 2.24) is 0 Å². The Hall–Kier alpha value is -0.710. The summed E-state index contributed by atoms with van der Waals surface area (Å²) < 4.78 is -0.284. The smallest absolute Gasteiger partial charge is 0.304 e. The predicted octanol–water partition coefficient (Wildman–Crippen LogP) is 3.79. The lowest BCUT2D eigenvalue weighted by molar-refractivity contribution is -0.138. The van der Waals surface area contributed by atoms with Gasteiger partial charge in [-0.05, 0) is 12.8 Å². The van der Waals surface area contributed by atoms with Crippen molar-refractivity contribution >= 4 is 23.7 Å². The minimum Gasteiger partial charge on any atom is -0.481 e. The van der Waals surface area contributed by atoms with E-state index in [1.54, 1.807) is 11.8 Å². The third-order valence-electron chi connectivity index (χ3n) is 3.17. The van der Waals surface area contributed by atoms with Crippen LogP contribution in [0.1, 0.15) is 65.2 Å². The summed E-state index contributed by atoms with van der Waals surface area (Å²) in [6.07, 6.45) is 6.02.